The Hall–Kier alpha value is -2.59. The van der Waals surface area contributed by atoms with Crippen molar-refractivity contribution in [3.05, 3.63) is 80.7 Å². The van der Waals surface area contributed by atoms with Gasteiger partial charge >= 0.3 is 5.97 Å². The van der Waals surface area contributed by atoms with Gasteiger partial charge in [-0.2, -0.15) is 0 Å². The molecule has 0 radical (unpaired) electrons. The van der Waals surface area contributed by atoms with E-state index in [2.05, 4.69) is 0 Å². The average Bonchev–Trinajstić information content (AvgIpc) is 2.50. The largest absolute Gasteiger partial charge is 0.477 e. The number of benzene rings is 2. The smallest absolute Gasteiger partial charge is 0.342 e. The molecule has 22 heavy (non-hydrogen) atoms. The molecule has 0 fully saturated rings. The van der Waals surface area contributed by atoms with E-state index in [1.807, 2.05) is 18.2 Å². The zero-order valence-electron chi connectivity index (χ0n) is 11.4. The van der Waals surface area contributed by atoms with Gasteiger partial charge in [-0.25, -0.2) is 4.79 Å². The van der Waals surface area contributed by atoms with E-state index in [1.54, 1.807) is 24.3 Å². The Bertz CT molecular complexity index is 910. The van der Waals surface area contributed by atoms with Crippen LogP contribution in [0.25, 0.3) is 11.0 Å². The summed E-state index contributed by atoms with van der Waals surface area (Å²) in [5, 5.41) is 9.91. The Labute approximate surface area is 130 Å². The molecule has 0 saturated heterocycles. The maximum absolute atomic E-state index is 12.2. The van der Waals surface area contributed by atoms with E-state index in [4.69, 9.17) is 21.1 Å². The number of fused-ring (bicyclic) bond motifs is 1. The van der Waals surface area contributed by atoms with Crippen molar-refractivity contribution in [2.75, 3.05) is 0 Å². The Morgan fingerprint density at radius 1 is 1.09 bits per heavy atom. The van der Waals surface area contributed by atoms with Gasteiger partial charge in [0.2, 0.25) is 5.43 Å². The zero-order valence-corrected chi connectivity index (χ0v) is 12.1. The molecule has 4 nitrogen and oxygen atoms in total. The second-order valence-corrected chi connectivity index (χ2v) is 5.35. The van der Waals surface area contributed by atoms with E-state index < -0.39 is 11.4 Å². The summed E-state index contributed by atoms with van der Waals surface area (Å²) in [7, 11) is 0. The molecule has 3 rings (SSSR count). The van der Waals surface area contributed by atoms with E-state index in [1.165, 1.54) is 0 Å². The first-order chi connectivity index (χ1) is 10.5. The molecule has 0 bridgehead atoms. The second kappa shape index (κ2) is 5.66. The Morgan fingerprint density at radius 2 is 1.77 bits per heavy atom. The fourth-order valence-electron chi connectivity index (χ4n) is 2.27. The Balaban J connectivity index is 2.05. The minimum absolute atomic E-state index is 0.270. The van der Waals surface area contributed by atoms with Gasteiger partial charge in [-0.1, -0.05) is 29.8 Å². The van der Waals surface area contributed by atoms with E-state index in [0.29, 0.717) is 17.0 Å². The highest BCUT2D eigenvalue weighted by molar-refractivity contribution is 6.30. The lowest BCUT2D eigenvalue weighted by Gasteiger charge is -2.04. The topological polar surface area (TPSA) is 67.5 Å². The van der Waals surface area contributed by atoms with Crippen LogP contribution in [0.1, 0.15) is 21.5 Å². The summed E-state index contributed by atoms with van der Waals surface area (Å²) in [4.78, 5) is 23.2. The number of carboxylic acids is 1. The molecular formula is C17H11ClO4. The molecule has 110 valence electrons. The molecule has 0 spiro atoms. The van der Waals surface area contributed by atoms with Crippen LogP contribution in [0.2, 0.25) is 5.02 Å². The zero-order chi connectivity index (χ0) is 15.7. The highest BCUT2D eigenvalue weighted by Crippen LogP contribution is 2.18. The Kier molecular flexibility index (Phi) is 3.69. The monoisotopic (exact) mass is 314 g/mol. The third-order valence-electron chi connectivity index (χ3n) is 3.39. The van der Waals surface area contributed by atoms with Crippen LogP contribution in [0, 0.1) is 0 Å². The maximum Gasteiger partial charge on any atom is 0.342 e. The lowest BCUT2D eigenvalue weighted by Crippen LogP contribution is -2.14. The molecule has 0 saturated carbocycles. The van der Waals surface area contributed by atoms with Crippen molar-refractivity contribution in [2.45, 2.75) is 6.42 Å². The first-order valence-corrected chi connectivity index (χ1v) is 6.94. The molecule has 1 heterocycles. The standard InChI is InChI=1S/C17H11ClO4/c18-12-4-1-10(2-5-12)7-11-3-6-15-13(8-11)16(19)14(9-22-15)17(20)21/h1-6,8-9H,7H2,(H,20,21). The molecule has 0 aliphatic carbocycles. The molecule has 1 N–H and O–H groups in total. The molecule has 0 aliphatic rings. The van der Waals surface area contributed by atoms with Gasteiger partial charge in [0.05, 0.1) is 5.39 Å². The summed E-state index contributed by atoms with van der Waals surface area (Å²) >= 11 is 5.85. The summed E-state index contributed by atoms with van der Waals surface area (Å²) in [5.74, 6) is -1.29. The van der Waals surface area contributed by atoms with Gasteiger partial charge in [0.25, 0.3) is 0 Å². The van der Waals surface area contributed by atoms with Gasteiger partial charge in [-0.15, -0.1) is 0 Å². The van der Waals surface area contributed by atoms with Gasteiger partial charge in [0, 0.05) is 5.02 Å². The summed E-state index contributed by atoms with van der Waals surface area (Å²) in [6.45, 7) is 0. The van der Waals surface area contributed by atoms with E-state index >= 15 is 0 Å². The third kappa shape index (κ3) is 2.73. The van der Waals surface area contributed by atoms with Gasteiger partial charge in [0.1, 0.15) is 17.4 Å². The van der Waals surface area contributed by atoms with Crippen LogP contribution in [0.3, 0.4) is 0 Å². The van der Waals surface area contributed by atoms with Crippen molar-refractivity contribution in [1.82, 2.24) is 0 Å². The van der Waals surface area contributed by atoms with Crippen molar-refractivity contribution in [3.8, 4) is 0 Å². The van der Waals surface area contributed by atoms with E-state index in [0.717, 1.165) is 17.4 Å². The van der Waals surface area contributed by atoms with Gasteiger partial charge in [-0.05, 0) is 41.8 Å². The number of aromatic carboxylic acids is 1. The van der Waals surface area contributed by atoms with Crippen LogP contribution in [-0.2, 0) is 6.42 Å². The number of hydrogen-bond acceptors (Lipinski definition) is 3. The number of hydrogen-bond donors (Lipinski definition) is 1. The highest BCUT2D eigenvalue weighted by atomic mass is 35.5. The first-order valence-electron chi connectivity index (χ1n) is 6.57. The van der Waals surface area contributed by atoms with Gasteiger partial charge in [0.15, 0.2) is 0 Å². The molecular weight excluding hydrogens is 304 g/mol. The predicted octanol–water partition coefficient (Wildman–Crippen LogP) is 3.74. The van der Waals surface area contributed by atoms with E-state index in [-0.39, 0.29) is 10.9 Å². The molecule has 2 aromatic carbocycles. The molecule has 0 unspecified atom stereocenters. The van der Waals surface area contributed by atoms with Crippen molar-refractivity contribution in [2.24, 2.45) is 0 Å². The van der Waals surface area contributed by atoms with Crippen molar-refractivity contribution in [1.29, 1.82) is 0 Å². The predicted molar refractivity (Wildman–Crippen MR) is 83.7 cm³/mol. The van der Waals surface area contributed by atoms with Crippen LogP contribution >= 0.6 is 11.6 Å². The van der Waals surface area contributed by atoms with Gasteiger partial charge < -0.3 is 9.52 Å². The lowest BCUT2D eigenvalue weighted by molar-refractivity contribution is 0.0693. The maximum atomic E-state index is 12.2. The molecule has 0 amide bonds. The van der Waals surface area contributed by atoms with E-state index in [9.17, 15) is 9.59 Å². The van der Waals surface area contributed by atoms with Crippen LogP contribution in [0.4, 0.5) is 0 Å². The number of carboxylic acid groups (broad SMARTS) is 1. The fourth-order valence-corrected chi connectivity index (χ4v) is 2.40. The van der Waals surface area contributed by atoms with Crippen LogP contribution in [-0.4, -0.2) is 11.1 Å². The Morgan fingerprint density at radius 3 is 2.45 bits per heavy atom. The highest BCUT2D eigenvalue weighted by Gasteiger charge is 2.13. The molecule has 1 aromatic heterocycles. The summed E-state index contributed by atoms with van der Waals surface area (Å²) in [5.41, 5.74) is 1.41. The SMILES string of the molecule is O=C(O)c1coc2ccc(Cc3ccc(Cl)cc3)cc2c1=O. The number of halogens is 1. The summed E-state index contributed by atoms with van der Waals surface area (Å²) < 4.78 is 5.21. The summed E-state index contributed by atoms with van der Waals surface area (Å²) in [6.07, 6.45) is 1.59. The fraction of sp³-hybridized carbons (Fsp3) is 0.0588. The molecule has 0 aliphatic heterocycles. The number of carbonyl (C=O) groups is 1. The van der Waals surface area contributed by atoms with Crippen LogP contribution in [0.5, 0.6) is 0 Å². The quantitative estimate of drug-likeness (QED) is 0.799. The molecule has 0 atom stereocenters. The van der Waals surface area contributed by atoms with Gasteiger partial charge in [-0.3, -0.25) is 4.79 Å². The summed E-state index contributed by atoms with van der Waals surface area (Å²) in [6, 6.07) is 12.6. The normalized spacial score (nSPS) is 10.8. The van der Waals surface area contributed by atoms with Crippen molar-refractivity contribution < 1.29 is 14.3 Å². The minimum atomic E-state index is -1.29. The van der Waals surface area contributed by atoms with Crippen molar-refractivity contribution >= 4 is 28.5 Å². The minimum Gasteiger partial charge on any atom is -0.477 e. The van der Waals surface area contributed by atoms with Crippen molar-refractivity contribution in [3.63, 3.8) is 0 Å². The second-order valence-electron chi connectivity index (χ2n) is 4.92. The molecule has 3 aromatic rings. The number of rotatable bonds is 3. The van der Waals surface area contributed by atoms with Crippen LogP contribution in [0.15, 0.2) is 57.9 Å². The average molecular weight is 315 g/mol. The first kappa shape index (κ1) is 14.4. The van der Waals surface area contributed by atoms with Crippen LogP contribution < -0.4 is 5.43 Å². The molecule has 5 heteroatoms. The lowest BCUT2D eigenvalue weighted by atomic mass is 10.0. The third-order valence-corrected chi connectivity index (χ3v) is 3.64.